The van der Waals surface area contributed by atoms with Crippen molar-refractivity contribution in [1.29, 1.82) is 0 Å². The molecule has 5 rings (SSSR count). The topological polar surface area (TPSA) is 67.8 Å². The summed E-state index contributed by atoms with van der Waals surface area (Å²) in [5.41, 5.74) is 5.81. The van der Waals surface area contributed by atoms with Gasteiger partial charge < -0.3 is 19.9 Å². The Hall–Kier alpha value is -4.06. The molecule has 2 heterocycles. The number of fused-ring (bicyclic) bond motifs is 5. The number of nitrogens with one attached hydrogen (secondary N) is 1. The molecule has 0 spiro atoms. The smallest absolute Gasteiger partial charge is 0.172 e. The summed E-state index contributed by atoms with van der Waals surface area (Å²) in [7, 11) is 1.51. The van der Waals surface area contributed by atoms with Gasteiger partial charge in [-0.1, -0.05) is 18.2 Å². The van der Waals surface area contributed by atoms with Gasteiger partial charge in [-0.2, -0.15) is 0 Å². The molecule has 3 aromatic rings. The average Bonchev–Trinajstić information content (AvgIpc) is 2.79. The van der Waals surface area contributed by atoms with E-state index in [9.17, 15) is 14.3 Å². The maximum absolute atomic E-state index is 13.9. The van der Waals surface area contributed by atoms with Crippen LogP contribution in [0.15, 0.2) is 48.5 Å². The van der Waals surface area contributed by atoms with E-state index in [2.05, 4.69) is 25.2 Å². The molecule has 2 N–H and O–H groups in total. The summed E-state index contributed by atoms with van der Waals surface area (Å²) >= 11 is 0. The number of carbonyl (C=O) groups excluding carboxylic acids is 1. The lowest BCUT2D eigenvalue weighted by Crippen LogP contribution is -2.32. The van der Waals surface area contributed by atoms with Gasteiger partial charge in [-0.15, -0.1) is 0 Å². The van der Waals surface area contributed by atoms with Crippen LogP contribution < -0.4 is 14.8 Å². The van der Waals surface area contributed by atoms with Crippen molar-refractivity contribution in [3.05, 3.63) is 76.6 Å². The molecular formula is C29H26FNO4. The highest BCUT2D eigenvalue weighted by Gasteiger charge is 2.33. The maximum atomic E-state index is 13.9. The number of ketones is 1. The lowest BCUT2D eigenvalue weighted by Gasteiger charge is -2.35. The molecule has 0 fully saturated rings. The normalized spacial score (nSPS) is 16.3. The standard InChI is InChI=1S/C29H26FNO4/c1-15-14-29(3,4)31-21-9-8-19-26(25(15)21)24(12-17-6-7-18(30)13-20(17)16(2)32)35-23-11-10-22(33)28(34-5)27(19)23/h6-14,31,33H,1-5H3/b24-12-. The first-order valence-electron chi connectivity index (χ1n) is 11.4. The highest BCUT2D eigenvalue weighted by molar-refractivity contribution is 6.04. The highest BCUT2D eigenvalue weighted by atomic mass is 19.1. The minimum absolute atomic E-state index is 0.00914. The third-order valence-corrected chi connectivity index (χ3v) is 6.35. The summed E-state index contributed by atoms with van der Waals surface area (Å²) in [6.07, 6.45) is 3.92. The monoisotopic (exact) mass is 471 g/mol. The van der Waals surface area contributed by atoms with Crippen LogP contribution >= 0.6 is 0 Å². The lowest BCUT2D eigenvalue weighted by molar-refractivity contribution is 0.101. The molecule has 0 aliphatic carbocycles. The fourth-order valence-corrected chi connectivity index (χ4v) is 5.05. The van der Waals surface area contributed by atoms with Gasteiger partial charge in [0.15, 0.2) is 17.3 Å². The van der Waals surface area contributed by atoms with Crippen molar-refractivity contribution >= 4 is 28.9 Å². The van der Waals surface area contributed by atoms with Gasteiger partial charge >= 0.3 is 0 Å². The van der Waals surface area contributed by atoms with Crippen LogP contribution in [-0.4, -0.2) is 23.5 Å². The Labute approximate surface area is 203 Å². The number of allylic oxidation sites excluding steroid dienone is 1. The van der Waals surface area contributed by atoms with Crippen molar-refractivity contribution in [2.24, 2.45) is 0 Å². The van der Waals surface area contributed by atoms with Crippen LogP contribution in [0.25, 0.3) is 28.5 Å². The van der Waals surface area contributed by atoms with Crippen LogP contribution in [0.4, 0.5) is 10.1 Å². The summed E-state index contributed by atoms with van der Waals surface area (Å²) < 4.78 is 25.9. The Kier molecular flexibility index (Phi) is 5.20. The molecule has 6 heteroatoms. The Morgan fingerprint density at radius 3 is 2.60 bits per heavy atom. The number of phenols is 1. The molecule has 0 radical (unpaired) electrons. The van der Waals surface area contributed by atoms with Crippen molar-refractivity contribution in [3.63, 3.8) is 0 Å². The molecule has 0 aromatic heterocycles. The first-order valence-corrected chi connectivity index (χ1v) is 11.4. The molecule has 35 heavy (non-hydrogen) atoms. The van der Waals surface area contributed by atoms with Gasteiger partial charge in [0.25, 0.3) is 0 Å². The van der Waals surface area contributed by atoms with Crippen LogP contribution in [0.3, 0.4) is 0 Å². The second kappa shape index (κ2) is 8.01. The molecule has 0 saturated heterocycles. The molecule has 0 saturated carbocycles. The lowest BCUT2D eigenvalue weighted by atomic mass is 9.82. The SMILES string of the molecule is COc1c(O)ccc2c1-c1ccc3c(c1/C(=C/c1ccc(F)cc1C(C)=O)O2)C(C)=CC(C)(C)N3. The van der Waals surface area contributed by atoms with Gasteiger partial charge in [0.05, 0.1) is 18.2 Å². The number of rotatable bonds is 3. The van der Waals surface area contributed by atoms with Crippen molar-refractivity contribution in [2.45, 2.75) is 33.2 Å². The number of hydrogen-bond acceptors (Lipinski definition) is 5. The van der Waals surface area contributed by atoms with E-state index in [-0.39, 0.29) is 22.6 Å². The van der Waals surface area contributed by atoms with Crippen LogP contribution in [0.1, 0.15) is 54.7 Å². The predicted molar refractivity (Wildman–Crippen MR) is 136 cm³/mol. The zero-order valence-electron chi connectivity index (χ0n) is 20.2. The van der Waals surface area contributed by atoms with Crippen molar-refractivity contribution in [3.8, 4) is 28.4 Å². The largest absolute Gasteiger partial charge is 0.504 e. The van der Waals surface area contributed by atoms with Gasteiger partial charge in [-0.3, -0.25) is 4.79 Å². The van der Waals surface area contributed by atoms with E-state index < -0.39 is 5.82 Å². The zero-order chi connectivity index (χ0) is 25.1. The van der Waals surface area contributed by atoms with Crippen LogP contribution in [0.2, 0.25) is 0 Å². The number of phenolic OH excluding ortho intramolecular Hbond substituents is 1. The number of ether oxygens (including phenoxy) is 2. The number of carbonyl (C=O) groups is 1. The van der Waals surface area contributed by atoms with E-state index in [1.807, 2.05) is 19.1 Å². The van der Waals surface area contributed by atoms with Crippen molar-refractivity contribution in [1.82, 2.24) is 0 Å². The van der Waals surface area contributed by atoms with Gasteiger partial charge in [-0.05, 0) is 75.2 Å². The Morgan fingerprint density at radius 1 is 1.11 bits per heavy atom. The minimum Gasteiger partial charge on any atom is -0.504 e. The number of aromatic hydroxyl groups is 1. The van der Waals surface area contributed by atoms with Gasteiger partial charge in [-0.25, -0.2) is 4.39 Å². The number of benzene rings is 3. The number of anilines is 1. The van der Waals surface area contributed by atoms with Crippen molar-refractivity contribution in [2.75, 3.05) is 12.4 Å². The molecule has 178 valence electrons. The van der Waals surface area contributed by atoms with E-state index in [4.69, 9.17) is 9.47 Å². The molecule has 0 unspecified atom stereocenters. The quantitative estimate of drug-likeness (QED) is 0.407. The molecular weight excluding hydrogens is 445 g/mol. The van der Waals surface area contributed by atoms with E-state index in [0.717, 1.165) is 28.0 Å². The molecule has 5 nitrogen and oxygen atoms in total. The fraction of sp³-hybridized carbons (Fsp3) is 0.207. The first kappa shape index (κ1) is 22.7. The third-order valence-electron chi connectivity index (χ3n) is 6.35. The third kappa shape index (κ3) is 3.75. The van der Waals surface area contributed by atoms with Gasteiger partial charge in [0.2, 0.25) is 0 Å². The zero-order valence-corrected chi connectivity index (χ0v) is 20.2. The van der Waals surface area contributed by atoms with E-state index in [1.165, 1.54) is 32.2 Å². The van der Waals surface area contributed by atoms with Crippen LogP contribution in [-0.2, 0) is 0 Å². The summed E-state index contributed by atoms with van der Waals surface area (Å²) in [5.74, 6) is 0.634. The van der Waals surface area contributed by atoms with E-state index in [1.54, 1.807) is 18.2 Å². The molecule has 2 aliphatic rings. The molecule has 2 aliphatic heterocycles. The second-order valence-electron chi connectivity index (χ2n) is 9.47. The average molecular weight is 472 g/mol. The molecule has 0 bridgehead atoms. The molecule has 0 amide bonds. The Balaban J connectivity index is 1.85. The van der Waals surface area contributed by atoms with Gasteiger partial charge in [0, 0.05) is 27.9 Å². The molecule has 0 atom stereocenters. The highest BCUT2D eigenvalue weighted by Crippen LogP contribution is 2.54. The van der Waals surface area contributed by atoms with E-state index in [0.29, 0.717) is 28.4 Å². The second-order valence-corrected chi connectivity index (χ2v) is 9.47. The summed E-state index contributed by atoms with van der Waals surface area (Å²) in [6.45, 7) is 7.66. The fourth-order valence-electron chi connectivity index (χ4n) is 5.05. The van der Waals surface area contributed by atoms with Gasteiger partial charge in [0.1, 0.15) is 17.3 Å². The number of methoxy groups -OCH3 is 1. The number of Topliss-reactive ketones (excluding diaryl/α,β-unsaturated/α-hetero) is 1. The summed E-state index contributed by atoms with van der Waals surface area (Å²) in [5, 5.41) is 14.0. The maximum Gasteiger partial charge on any atom is 0.172 e. The first-order chi connectivity index (χ1) is 16.6. The predicted octanol–water partition coefficient (Wildman–Crippen LogP) is 6.91. The van der Waals surface area contributed by atoms with Crippen LogP contribution in [0.5, 0.6) is 17.2 Å². The minimum atomic E-state index is -0.476. The summed E-state index contributed by atoms with van der Waals surface area (Å²) in [6, 6.07) is 11.3. The number of halogens is 1. The Morgan fingerprint density at radius 2 is 1.89 bits per heavy atom. The van der Waals surface area contributed by atoms with Crippen LogP contribution in [0, 0.1) is 5.82 Å². The van der Waals surface area contributed by atoms with E-state index >= 15 is 0 Å². The summed E-state index contributed by atoms with van der Waals surface area (Å²) in [4.78, 5) is 12.3. The van der Waals surface area contributed by atoms with Crippen molar-refractivity contribution < 1.29 is 23.8 Å². The molecule has 3 aromatic carbocycles. The Bertz CT molecular complexity index is 1470. The number of hydrogen-bond donors (Lipinski definition) is 2.